The van der Waals surface area contributed by atoms with Crippen LogP contribution < -0.4 is 4.90 Å². The van der Waals surface area contributed by atoms with Gasteiger partial charge in [0.1, 0.15) is 5.82 Å². The molecule has 1 amide bonds. The lowest BCUT2D eigenvalue weighted by molar-refractivity contribution is 0.198. The second-order valence-electron chi connectivity index (χ2n) is 9.07. The largest absolute Gasteiger partial charge is 0.465 e. The minimum absolute atomic E-state index is 0.0118. The molecule has 3 aromatic rings. The van der Waals surface area contributed by atoms with Gasteiger partial charge >= 0.3 is 6.09 Å². The predicted molar refractivity (Wildman–Crippen MR) is 123 cm³/mol. The van der Waals surface area contributed by atoms with E-state index < -0.39 is 6.09 Å². The number of piperidine rings is 1. The number of nitrogens with zero attached hydrogens (tertiary/aromatic N) is 4. The number of carbonyl (C=O) groups is 1. The molecule has 0 aliphatic carbocycles. The minimum Gasteiger partial charge on any atom is -0.465 e. The molecule has 0 bridgehead atoms. The maximum absolute atomic E-state index is 12.0. The van der Waals surface area contributed by atoms with Crippen LogP contribution in [0.15, 0.2) is 42.5 Å². The molecular weight excluding hydrogens is 388 g/mol. The SMILES string of the molecule is C[C@H]1CCc2c(ccc3c2nc(Cc2ccccc2)n3C2CCN(C)CC2)N1C(=O)O. The Kier molecular flexibility index (Phi) is 5.18. The van der Waals surface area contributed by atoms with Gasteiger partial charge in [-0.2, -0.15) is 0 Å². The number of likely N-dealkylation sites (tertiary alicyclic amines) is 1. The average molecular weight is 419 g/mol. The van der Waals surface area contributed by atoms with E-state index in [1.54, 1.807) is 0 Å². The van der Waals surface area contributed by atoms with Crippen molar-refractivity contribution in [3.8, 4) is 0 Å². The van der Waals surface area contributed by atoms with Crippen LogP contribution >= 0.6 is 0 Å². The highest BCUT2D eigenvalue weighted by atomic mass is 16.4. The quantitative estimate of drug-likeness (QED) is 0.669. The lowest BCUT2D eigenvalue weighted by atomic mass is 9.95. The molecule has 0 saturated carbocycles. The number of rotatable bonds is 3. The minimum atomic E-state index is -0.882. The summed E-state index contributed by atoms with van der Waals surface area (Å²) in [6.07, 6.45) is 3.82. The van der Waals surface area contributed by atoms with Crippen molar-refractivity contribution in [1.82, 2.24) is 14.5 Å². The molecule has 6 heteroatoms. The fraction of sp³-hybridized carbons (Fsp3) is 0.440. The van der Waals surface area contributed by atoms with Crippen LogP contribution in [0.5, 0.6) is 0 Å². The van der Waals surface area contributed by atoms with Crippen LogP contribution in [0.3, 0.4) is 0 Å². The highest BCUT2D eigenvalue weighted by Crippen LogP contribution is 2.38. The van der Waals surface area contributed by atoms with Crippen LogP contribution in [-0.2, 0) is 12.8 Å². The van der Waals surface area contributed by atoms with Crippen LogP contribution in [0.25, 0.3) is 11.0 Å². The summed E-state index contributed by atoms with van der Waals surface area (Å²) in [4.78, 5) is 21.0. The topological polar surface area (TPSA) is 61.6 Å². The lowest BCUT2D eigenvalue weighted by Gasteiger charge is -2.33. The van der Waals surface area contributed by atoms with Crippen molar-refractivity contribution >= 4 is 22.8 Å². The molecule has 5 rings (SSSR count). The molecule has 6 nitrogen and oxygen atoms in total. The van der Waals surface area contributed by atoms with E-state index in [0.29, 0.717) is 6.04 Å². The number of fused-ring (bicyclic) bond motifs is 3. The Labute approximate surface area is 183 Å². The van der Waals surface area contributed by atoms with Gasteiger partial charge in [-0.05, 0) is 70.4 Å². The Bertz CT molecular complexity index is 1100. The number of hydrogen-bond donors (Lipinski definition) is 1. The van der Waals surface area contributed by atoms with Gasteiger partial charge in [0.25, 0.3) is 0 Å². The maximum atomic E-state index is 12.0. The van der Waals surface area contributed by atoms with Crippen molar-refractivity contribution < 1.29 is 9.90 Å². The van der Waals surface area contributed by atoms with E-state index in [1.807, 2.05) is 19.1 Å². The van der Waals surface area contributed by atoms with Gasteiger partial charge in [0.05, 0.1) is 16.7 Å². The van der Waals surface area contributed by atoms with Crippen molar-refractivity contribution in [3.63, 3.8) is 0 Å². The smallest absolute Gasteiger partial charge is 0.412 e. The molecule has 1 N–H and O–H groups in total. The fourth-order valence-corrected chi connectivity index (χ4v) is 5.30. The van der Waals surface area contributed by atoms with E-state index >= 15 is 0 Å². The van der Waals surface area contributed by atoms with Crippen LogP contribution in [0.2, 0.25) is 0 Å². The Hall–Kier alpha value is -2.86. The number of hydrogen-bond acceptors (Lipinski definition) is 3. The first-order valence-electron chi connectivity index (χ1n) is 11.3. The summed E-state index contributed by atoms with van der Waals surface area (Å²) >= 11 is 0. The van der Waals surface area contributed by atoms with Crippen molar-refractivity contribution in [3.05, 3.63) is 59.4 Å². The first-order chi connectivity index (χ1) is 15.0. The molecule has 1 aromatic heterocycles. The molecule has 0 spiro atoms. The molecule has 1 fully saturated rings. The molecule has 1 saturated heterocycles. The van der Waals surface area contributed by atoms with E-state index in [1.165, 1.54) is 10.5 Å². The number of aromatic nitrogens is 2. The molecular formula is C25H30N4O2. The monoisotopic (exact) mass is 418 g/mol. The summed E-state index contributed by atoms with van der Waals surface area (Å²) in [6.45, 7) is 4.16. The first-order valence-corrected chi connectivity index (χ1v) is 11.3. The van der Waals surface area contributed by atoms with Crippen LogP contribution in [0, 0.1) is 0 Å². The number of aryl methyl sites for hydroxylation is 1. The summed E-state index contributed by atoms with van der Waals surface area (Å²) in [5.74, 6) is 1.09. The van der Waals surface area contributed by atoms with Crippen molar-refractivity contribution in [2.75, 3.05) is 25.0 Å². The third-order valence-corrected chi connectivity index (χ3v) is 6.99. The van der Waals surface area contributed by atoms with Gasteiger partial charge in [0, 0.05) is 24.1 Å². The molecule has 162 valence electrons. The van der Waals surface area contributed by atoms with Gasteiger partial charge in [0.15, 0.2) is 0 Å². The molecule has 2 aromatic carbocycles. The van der Waals surface area contributed by atoms with Crippen LogP contribution in [0.1, 0.15) is 49.2 Å². The zero-order valence-electron chi connectivity index (χ0n) is 18.3. The van der Waals surface area contributed by atoms with Crippen molar-refractivity contribution in [1.29, 1.82) is 0 Å². The Morgan fingerprint density at radius 1 is 1.10 bits per heavy atom. The van der Waals surface area contributed by atoms with Crippen LogP contribution in [0.4, 0.5) is 10.5 Å². The number of amides is 1. The maximum Gasteiger partial charge on any atom is 0.412 e. The molecule has 0 unspecified atom stereocenters. The summed E-state index contributed by atoms with van der Waals surface area (Å²) in [5.41, 5.74) is 5.28. The average Bonchev–Trinajstić information content (AvgIpc) is 3.12. The second-order valence-corrected chi connectivity index (χ2v) is 9.07. The van der Waals surface area contributed by atoms with Gasteiger partial charge in [-0.15, -0.1) is 0 Å². The van der Waals surface area contributed by atoms with Gasteiger partial charge in [0.2, 0.25) is 0 Å². The number of carboxylic acid groups (broad SMARTS) is 1. The molecule has 1 atom stereocenters. The summed E-state index contributed by atoms with van der Waals surface area (Å²) in [7, 11) is 2.19. The summed E-state index contributed by atoms with van der Waals surface area (Å²) < 4.78 is 2.46. The van der Waals surface area contributed by atoms with E-state index in [9.17, 15) is 9.90 Å². The number of benzene rings is 2. The van der Waals surface area contributed by atoms with E-state index in [2.05, 4.69) is 46.8 Å². The zero-order valence-corrected chi connectivity index (χ0v) is 18.3. The Balaban J connectivity index is 1.65. The Morgan fingerprint density at radius 2 is 1.84 bits per heavy atom. The van der Waals surface area contributed by atoms with Crippen LogP contribution in [-0.4, -0.2) is 51.8 Å². The summed E-state index contributed by atoms with van der Waals surface area (Å²) in [6, 6.07) is 15.0. The predicted octanol–water partition coefficient (Wildman–Crippen LogP) is 4.71. The molecule has 0 radical (unpaired) electrons. The van der Waals surface area contributed by atoms with E-state index in [0.717, 1.165) is 73.3 Å². The first kappa shape index (κ1) is 20.1. The van der Waals surface area contributed by atoms with E-state index in [4.69, 9.17) is 4.98 Å². The second kappa shape index (κ2) is 8.00. The number of anilines is 1. The van der Waals surface area contributed by atoms with Gasteiger partial charge < -0.3 is 14.6 Å². The molecule has 3 heterocycles. The third-order valence-electron chi connectivity index (χ3n) is 6.99. The lowest BCUT2D eigenvalue weighted by Crippen LogP contribution is -2.41. The highest BCUT2D eigenvalue weighted by Gasteiger charge is 2.31. The molecule has 2 aliphatic rings. The summed E-state index contributed by atoms with van der Waals surface area (Å²) in [5, 5.41) is 9.81. The third kappa shape index (κ3) is 3.59. The standard InChI is InChI=1S/C25H30N4O2/c1-17-8-9-20-21(28(17)25(30)31)10-11-22-24(20)26-23(16-18-6-4-3-5-7-18)29(22)19-12-14-27(2)15-13-19/h3-7,10-11,17,19H,8-9,12-16H2,1-2H3,(H,30,31)/t17-/m0/s1. The van der Waals surface area contributed by atoms with Gasteiger partial charge in [-0.3, -0.25) is 4.90 Å². The van der Waals surface area contributed by atoms with E-state index in [-0.39, 0.29) is 6.04 Å². The molecule has 2 aliphatic heterocycles. The van der Waals surface area contributed by atoms with Gasteiger partial charge in [-0.25, -0.2) is 9.78 Å². The number of imidazole rings is 1. The normalized spacial score (nSPS) is 20.2. The van der Waals surface area contributed by atoms with Gasteiger partial charge in [-0.1, -0.05) is 30.3 Å². The fourth-order valence-electron chi connectivity index (χ4n) is 5.30. The zero-order chi connectivity index (χ0) is 21.5. The Morgan fingerprint density at radius 3 is 2.55 bits per heavy atom. The van der Waals surface area contributed by atoms with Crippen molar-refractivity contribution in [2.45, 2.75) is 51.1 Å². The molecule has 31 heavy (non-hydrogen) atoms. The van der Waals surface area contributed by atoms with Crippen molar-refractivity contribution in [2.24, 2.45) is 0 Å². The highest BCUT2D eigenvalue weighted by molar-refractivity contribution is 5.94.